The number of rotatable bonds is 4. The van der Waals surface area contributed by atoms with Crippen LogP contribution in [0.4, 0.5) is 0 Å². The van der Waals surface area contributed by atoms with Crippen LogP contribution in [0.1, 0.15) is 12.5 Å². The molecular weight excluding hydrogens is 236 g/mol. The van der Waals surface area contributed by atoms with Crippen molar-refractivity contribution in [2.75, 3.05) is 6.54 Å². The van der Waals surface area contributed by atoms with E-state index in [1.54, 1.807) is 0 Å². The largest absolute Gasteiger partial charge is 0.313 e. The van der Waals surface area contributed by atoms with Gasteiger partial charge in [-0.3, -0.25) is 9.38 Å². The molecule has 0 aromatic carbocycles. The molecule has 4 nitrogen and oxygen atoms in total. The third kappa shape index (κ3) is 2.35. The summed E-state index contributed by atoms with van der Waals surface area (Å²) in [5.74, 6) is 0. The first-order chi connectivity index (χ1) is 9.38. The van der Waals surface area contributed by atoms with E-state index in [-0.39, 0.29) is 0 Å². The van der Waals surface area contributed by atoms with Gasteiger partial charge in [-0.05, 0) is 30.3 Å². The van der Waals surface area contributed by atoms with Gasteiger partial charge < -0.3 is 5.32 Å². The lowest BCUT2D eigenvalue weighted by Crippen LogP contribution is -2.11. The second-order valence-electron chi connectivity index (χ2n) is 4.43. The monoisotopic (exact) mass is 252 g/mol. The molecule has 4 heteroatoms. The predicted molar refractivity (Wildman–Crippen MR) is 75.8 cm³/mol. The molecule has 3 rings (SSSR count). The van der Waals surface area contributed by atoms with Crippen LogP contribution < -0.4 is 5.32 Å². The van der Waals surface area contributed by atoms with Crippen molar-refractivity contribution < 1.29 is 0 Å². The molecule has 0 bridgehead atoms. The van der Waals surface area contributed by atoms with Crippen molar-refractivity contribution >= 4 is 5.65 Å². The molecule has 0 atom stereocenters. The van der Waals surface area contributed by atoms with Crippen molar-refractivity contribution in [3.63, 3.8) is 0 Å². The molecule has 19 heavy (non-hydrogen) atoms. The Hall–Kier alpha value is -2.20. The summed E-state index contributed by atoms with van der Waals surface area (Å²) in [5.41, 5.74) is 4.37. The topological polar surface area (TPSA) is 42.2 Å². The SMILES string of the molecule is CCNCc1cncc(-c2cccc3nccn23)c1. The first-order valence-electron chi connectivity index (χ1n) is 6.45. The minimum Gasteiger partial charge on any atom is -0.313 e. The second kappa shape index (κ2) is 5.20. The summed E-state index contributed by atoms with van der Waals surface area (Å²) >= 11 is 0. The molecule has 0 aliphatic carbocycles. The van der Waals surface area contributed by atoms with Gasteiger partial charge in [0.25, 0.3) is 0 Å². The van der Waals surface area contributed by atoms with Crippen LogP contribution in [-0.4, -0.2) is 20.9 Å². The third-order valence-corrected chi connectivity index (χ3v) is 3.10. The Morgan fingerprint density at radius 2 is 2.21 bits per heavy atom. The highest BCUT2D eigenvalue weighted by atomic mass is 15.0. The Bertz CT molecular complexity index is 687. The second-order valence-corrected chi connectivity index (χ2v) is 4.43. The van der Waals surface area contributed by atoms with Gasteiger partial charge in [0.2, 0.25) is 0 Å². The van der Waals surface area contributed by atoms with Gasteiger partial charge >= 0.3 is 0 Å². The van der Waals surface area contributed by atoms with Gasteiger partial charge in [0, 0.05) is 36.9 Å². The molecule has 0 saturated heterocycles. The minimum atomic E-state index is 0.844. The van der Waals surface area contributed by atoms with Crippen LogP contribution >= 0.6 is 0 Å². The fourth-order valence-electron chi connectivity index (χ4n) is 2.18. The fourth-order valence-corrected chi connectivity index (χ4v) is 2.18. The summed E-state index contributed by atoms with van der Waals surface area (Å²) in [7, 11) is 0. The standard InChI is InChI=1S/C15H16N4/c1-2-16-9-12-8-13(11-17-10-12)14-4-3-5-15-18-6-7-19(14)15/h3-8,10-11,16H,2,9H2,1H3. The Labute approximate surface area is 112 Å². The van der Waals surface area contributed by atoms with E-state index < -0.39 is 0 Å². The zero-order valence-electron chi connectivity index (χ0n) is 10.9. The molecule has 0 saturated carbocycles. The van der Waals surface area contributed by atoms with Gasteiger partial charge in [-0.25, -0.2) is 4.98 Å². The van der Waals surface area contributed by atoms with Crippen molar-refractivity contribution in [3.05, 3.63) is 54.6 Å². The maximum absolute atomic E-state index is 4.33. The van der Waals surface area contributed by atoms with Gasteiger partial charge in [0.1, 0.15) is 5.65 Å². The Balaban J connectivity index is 2.03. The van der Waals surface area contributed by atoms with E-state index >= 15 is 0 Å². The quantitative estimate of drug-likeness (QED) is 0.775. The zero-order chi connectivity index (χ0) is 13.1. The number of hydrogen-bond acceptors (Lipinski definition) is 3. The third-order valence-electron chi connectivity index (χ3n) is 3.10. The van der Waals surface area contributed by atoms with Gasteiger partial charge in [-0.2, -0.15) is 0 Å². The molecule has 3 heterocycles. The lowest BCUT2D eigenvalue weighted by Gasteiger charge is -2.07. The highest BCUT2D eigenvalue weighted by molar-refractivity contribution is 5.63. The molecule has 3 aromatic rings. The van der Waals surface area contributed by atoms with Crippen molar-refractivity contribution in [3.8, 4) is 11.3 Å². The van der Waals surface area contributed by atoms with Crippen LogP contribution in [0.3, 0.4) is 0 Å². The summed E-state index contributed by atoms with van der Waals surface area (Å²) < 4.78 is 2.08. The first kappa shape index (κ1) is 11.9. The van der Waals surface area contributed by atoms with Crippen LogP contribution in [0.25, 0.3) is 16.9 Å². The Morgan fingerprint density at radius 3 is 3.11 bits per heavy atom. The predicted octanol–water partition coefficient (Wildman–Crippen LogP) is 2.51. The summed E-state index contributed by atoms with van der Waals surface area (Å²) in [6.45, 7) is 3.90. The molecule has 96 valence electrons. The van der Waals surface area contributed by atoms with Crippen molar-refractivity contribution in [2.24, 2.45) is 0 Å². The molecular formula is C15H16N4. The lowest BCUT2D eigenvalue weighted by molar-refractivity contribution is 0.724. The van der Waals surface area contributed by atoms with Crippen LogP contribution in [0.15, 0.2) is 49.1 Å². The normalized spacial score (nSPS) is 11.0. The molecule has 3 aromatic heterocycles. The van der Waals surface area contributed by atoms with E-state index in [4.69, 9.17) is 0 Å². The number of aromatic nitrogens is 3. The van der Waals surface area contributed by atoms with E-state index in [1.807, 2.05) is 36.9 Å². The Kier molecular flexibility index (Phi) is 3.25. The molecule has 0 aliphatic heterocycles. The van der Waals surface area contributed by atoms with Crippen molar-refractivity contribution in [2.45, 2.75) is 13.5 Å². The molecule has 1 N–H and O–H groups in total. The fraction of sp³-hybridized carbons (Fsp3) is 0.200. The number of hydrogen-bond donors (Lipinski definition) is 1. The van der Waals surface area contributed by atoms with Crippen LogP contribution in [-0.2, 0) is 6.54 Å². The van der Waals surface area contributed by atoms with E-state index in [2.05, 4.69) is 38.7 Å². The maximum atomic E-state index is 4.33. The zero-order valence-corrected chi connectivity index (χ0v) is 10.9. The highest BCUT2D eigenvalue weighted by Crippen LogP contribution is 2.20. The number of fused-ring (bicyclic) bond motifs is 1. The molecule has 0 radical (unpaired) electrons. The molecule has 0 unspecified atom stereocenters. The van der Waals surface area contributed by atoms with Gasteiger partial charge in [-0.1, -0.05) is 13.0 Å². The number of nitrogens with one attached hydrogen (secondary N) is 1. The smallest absolute Gasteiger partial charge is 0.137 e. The van der Waals surface area contributed by atoms with Crippen LogP contribution in [0.5, 0.6) is 0 Å². The van der Waals surface area contributed by atoms with Crippen LogP contribution in [0, 0.1) is 0 Å². The number of imidazole rings is 1. The first-order valence-corrected chi connectivity index (χ1v) is 6.45. The summed E-state index contributed by atoms with van der Waals surface area (Å²) in [4.78, 5) is 8.64. The lowest BCUT2D eigenvalue weighted by atomic mass is 10.1. The number of nitrogens with zero attached hydrogens (tertiary/aromatic N) is 3. The summed E-state index contributed by atoms with van der Waals surface area (Å²) in [6.07, 6.45) is 7.58. The van der Waals surface area contributed by atoms with Crippen molar-refractivity contribution in [1.82, 2.24) is 19.7 Å². The summed E-state index contributed by atoms with van der Waals surface area (Å²) in [6, 6.07) is 8.28. The minimum absolute atomic E-state index is 0.844. The van der Waals surface area contributed by atoms with Crippen molar-refractivity contribution in [1.29, 1.82) is 0 Å². The highest BCUT2D eigenvalue weighted by Gasteiger charge is 2.04. The van der Waals surface area contributed by atoms with E-state index in [1.165, 1.54) is 5.56 Å². The number of pyridine rings is 2. The molecule has 0 amide bonds. The van der Waals surface area contributed by atoms with E-state index in [0.717, 1.165) is 30.0 Å². The van der Waals surface area contributed by atoms with Gasteiger partial charge in [-0.15, -0.1) is 0 Å². The molecule has 0 fully saturated rings. The molecule has 0 spiro atoms. The average molecular weight is 252 g/mol. The van der Waals surface area contributed by atoms with E-state index in [0.29, 0.717) is 0 Å². The average Bonchev–Trinajstić information content (AvgIpc) is 2.93. The van der Waals surface area contributed by atoms with Gasteiger partial charge in [0.05, 0.1) is 5.69 Å². The summed E-state index contributed by atoms with van der Waals surface area (Å²) in [5, 5.41) is 3.32. The van der Waals surface area contributed by atoms with E-state index in [9.17, 15) is 0 Å². The van der Waals surface area contributed by atoms with Crippen LogP contribution in [0.2, 0.25) is 0 Å². The molecule has 0 aliphatic rings. The Morgan fingerprint density at radius 1 is 1.26 bits per heavy atom. The van der Waals surface area contributed by atoms with Gasteiger partial charge in [0.15, 0.2) is 0 Å². The maximum Gasteiger partial charge on any atom is 0.137 e.